The van der Waals surface area contributed by atoms with Crippen LogP contribution in [0.15, 0.2) is 41.4 Å². The highest BCUT2D eigenvalue weighted by atomic mass is 19.1. The van der Waals surface area contributed by atoms with Crippen molar-refractivity contribution < 1.29 is 37.4 Å². The number of hydrogen-bond donors (Lipinski definition) is 3. The molecule has 0 aliphatic carbocycles. The van der Waals surface area contributed by atoms with Crippen molar-refractivity contribution in [1.82, 2.24) is 15.1 Å². The van der Waals surface area contributed by atoms with Gasteiger partial charge in [0.25, 0.3) is 0 Å². The number of anilines is 3. The third kappa shape index (κ3) is 13.5. The zero-order valence-corrected chi connectivity index (χ0v) is 33.5. The van der Waals surface area contributed by atoms with Gasteiger partial charge in [-0.15, -0.1) is 0 Å². The summed E-state index contributed by atoms with van der Waals surface area (Å²) in [7, 11) is 2.13. The lowest BCUT2D eigenvalue weighted by molar-refractivity contribution is -0.133. The van der Waals surface area contributed by atoms with Gasteiger partial charge in [0, 0.05) is 89.5 Å². The number of ether oxygens (including phenoxy) is 3. The first-order valence-corrected chi connectivity index (χ1v) is 20.0. The molecule has 56 heavy (non-hydrogen) atoms. The highest BCUT2D eigenvalue weighted by Gasteiger charge is 2.27. The molecule has 6 rings (SSSR count). The van der Waals surface area contributed by atoms with Crippen LogP contribution in [0, 0.1) is 11.7 Å². The SMILES string of the molecule is CC.CF.CN=C(COC1CCOCC1)Nc1cc(OCC2CCN(CCN3CCN(c4ccc(NC5CCC(=O)NC5=O)cc4)CC3)CC2)cc(F)c1C=O. The van der Waals surface area contributed by atoms with E-state index in [0.717, 1.165) is 83.7 Å². The van der Waals surface area contributed by atoms with Gasteiger partial charge in [-0.25, -0.2) is 4.39 Å². The van der Waals surface area contributed by atoms with Gasteiger partial charge in [-0.1, -0.05) is 13.8 Å². The molecular weight excluding hydrogens is 724 g/mol. The van der Waals surface area contributed by atoms with Crippen LogP contribution in [-0.4, -0.2) is 139 Å². The normalized spacial score (nSPS) is 20.2. The first kappa shape index (κ1) is 44.5. The number of hydrogen-bond acceptors (Lipinski definition) is 11. The number of piperidine rings is 2. The molecular formula is C41H61F2N7O6. The van der Waals surface area contributed by atoms with Crippen LogP contribution in [0.1, 0.15) is 62.7 Å². The molecule has 0 aromatic heterocycles. The van der Waals surface area contributed by atoms with Crippen LogP contribution in [0.4, 0.5) is 25.8 Å². The summed E-state index contributed by atoms with van der Waals surface area (Å²) in [4.78, 5) is 46.9. The summed E-state index contributed by atoms with van der Waals surface area (Å²) in [6, 6.07) is 10.7. The number of alkyl halides is 1. The molecule has 4 fully saturated rings. The van der Waals surface area contributed by atoms with E-state index in [-0.39, 0.29) is 36.1 Å². The highest BCUT2D eigenvalue weighted by molar-refractivity contribution is 6.01. The van der Waals surface area contributed by atoms with Gasteiger partial charge >= 0.3 is 0 Å². The number of amides is 2. The minimum absolute atomic E-state index is 0.0653. The summed E-state index contributed by atoms with van der Waals surface area (Å²) < 4.78 is 41.9. The number of aldehydes is 1. The number of nitrogens with zero attached hydrogens (tertiary/aromatic N) is 4. The van der Waals surface area contributed by atoms with E-state index in [1.54, 1.807) is 13.1 Å². The number of benzene rings is 2. The number of carbonyl (C=O) groups is 3. The number of carbonyl (C=O) groups excluding carboxylic acids is 3. The van der Waals surface area contributed by atoms with Gasteiger partial charge in [0.2, 0.25) is 11.8 Å². The summed E-state index contributed by atoms with van der Waals surface area (Å²) in [6.45, 7) is 14.1. The number of halogens is 2. The molecule has 1 unspecified atom stereocenters. The molecule has 1 atom stereocenters. The van der Waals surface area contributed by atoms with E-state index in [9.17, 15) is 23.2 Å². The molecule has 4 saturated heterocycles. The van der Waals surface area contributed by atoms with Crippen molar-refractivity contribution in [3.05, 3.63) is 47.8 Å². The molecule has 0 spiro atoms. The standard InChI is InChI=1S/C38H52FN7O6.C2H6.CH3F/c1-40-36(26-52-30-10-20-50-21-11-30)42-35-23-31(22-33(39)32(35)24-47)51-25-27-8-12-44(13-9-27)14-15-45-16-18-46(19-17-45)29-4-2-28(3-5-29)41-34-6-7-37(48)43-38(34)49;2*1-2/h2-5,22-24,27,30,34,41H,6-21,25-26H2,1H3,(H,40,42)(H,43,48,49);1-2H3;1H3. The molecule has 4 aliphatic heterocycles. The fourth-order valence-corrected chi connectivity index (χ4v) is 7.16. The van der Waals surface area contributed by atoms with E-state index in [0.29, 0.717) is 69.3 Å². The van der Waals surface area contributed by atoms with Gasteiger partial charge in [-0.2, -0.15) is 0 Å². The molecule has 0 radical (unpaired) electrons. The Balaban J connectivity index is 0.00000169. The second-order valence-corrected chi connectivity index (χ2v) is 14.0. The summed E-state index contributed by atoms with van der Waals surface area (Å²) in [6.07, 6.45) is 5.12. The highest BCUT2D eigenvalue weighted by Crippen LogP contribution is 2.27. The first-order chi connectivity index (χ1) is 27.4. The van der Waals surface area contributed by atoms with Crippen LogP contribution in [-0.2, 0) is 19.1 Å². The maximum Gasteiger partial charge on any atom is 0.249 e. The zero-order chi connectivity index (χ0) is 40.3. The Morgan fingerprint density at radius 1 is 0.946 bits per heavy atom. The number of aliphatic imine (C=N–C) groups is 1. The summed E-state index contributed by atoms with van der Waals surface area (Å²) in [5, 5.41) is 8.72. The number of rotatable bonds is 14. The van der Waals surface area contributed by atoms with Gasteiger partial charge in [0.1, 0.15) is 30.1 Å². The van der Waals surface area contributed by atoms with Crippen molar-refractivity contribution >= 4 is 41.0 Å². The maximum absolute atomic E-state index is 14.9. The topological polar surface area (TPSA) is 137 Å². The molecule has 4 aliphatic rings. The molecule has 13 nitrogen and oxygen atoms in total. The largest absolute Gasteiger partial charge is 0.493 e. The number of likely N-dealkylation sites (tertiary alicyclic amines) is 1. The molecule has 0 saturated carbocycles. The zero-order valence-electron chi connectivity index (χ0n) is 33.5. The summed E-state index contributed by atoms with van der Waals surface area (Å²) >= 11 is 0. The Kier molecular flexibility index (Phi) is 18.9. The third-order valence-corrected chi connectivity index (χ3v) is 10.5. The maximum atomic E-state index is 14.9. The first-order valence-electron chi connectivity index (χ1n) is 20.0. The lowest BCUT2D eigenvalue weighted by atomic mass is 9.98. The molecule has 3 N–H and O–H groups in total. The quantitative estimate of drug-likeness (QED) is 0.103. The molecule has 0 bridgehead atoms. The van der Waals surface area contributed by atoms with Crippen LogP contribution in [0.2, 0.25) is 0 Å². The second-order valence-electron chi connectivity index (χ2n) is 14.0. The third-order valence-electron chi connectivity index (χ3n) is 10.5. The van der Waals surface area contributed by atoms with Gasteiger partial charge in [0.05, 0.1) is 31.1 Å². The number of imide groups is 1. The van der Waals surface area contributed by atoms with Crippen molar-refractivity contribution in [3.8, 4) is 5.75 Å². The van der Waals surface area contributed by atoms with Crippen LogP contribution >= 0.6 is 0 Å². The Hall–Kier alpha value is -4.18. The van der Waals surface area contributed by atoms with E-state index in [2.05, 4.69) is 47.8 Å². The van der Waals surface area contributed by atoms with Gasteiger partial charge in [-0.05, 0) is 75.4 Å². The smallest absolute Gasteiger partial charge is 0.249 e. The van der Waals surface area contributed by atoms with Crippen molar-refractivity contribution in [1.29, 1.82) is 0 Å². The lowest BCUT2D eigenvalue weighted by Gasteiger charge is -2.38. The van der Waals surface area contributed by atoms with E-state index in [4.69, 9.17) is 14.2 Å². The fourth-order valence-electron chi connectivity index (χ4n) is 7.16. The molecule has 15 heteroatoms. The number of piperazine rings is 1. The van der Waals surface area contributed by atoms with Gasteiger partial charge < -0.3 is 34.6 Å². The van der Waals surface area contributed by atoms with Crippen molar-refractivity contribution in [2.24, 2.45) is 10.9 Å². The molecule has 2 aromatic rings. The summed E-state index contributed by atoms with van der Waals surface area (Å²) in [5.74, 6) is 0.151. The van der Waals surface area contributed by atoms with Crippen LogP contribution < -0.4 is 25.6 Å². The van der Waals surface area contributed by atoms with Crippen LogP contribution in [0.3, 0.4) is 0 Å². The van der Waals surface area contributed by atoms with Gasteiger partial charge in [0.15, 0.2) is 6.29 Å². The van der Waals surface area contributed by atoms with Gasteiger partial charge in [-0.3, -0.25) is 34.0 Å². The van der Waals surface area contributed by atoms with E-state index in [1.165, 1.54) is 11.8 Å². The number of amidine groups is 1. The van der Waals surface area contributed by atoms with E-state index in [1.807, 2.05) is 26.0 Å². The molecule has 310 valence electrons. The van der Waals surface area contributed by atoms with E-state index < -0.39 is 5.82 Å². The molecule has 4 heterocycles. The average molecular weight is 786 g/mol. The summed E-state index contributed by atoms with van der Waals surface area (Å²) in [5.41, 5.74) is 2.29. The number of nitrogens with one attached hydrogen (secondary N) is 3. The second kappa shape index (κ2) is 23.8. The lowest BCUT2D eigenvalue weighted by Crippen LogP contribution is -2.49. The van der Waals surface area contributed by atoms with Crippen molar-refractivity contribution in [2.75, 3.05) is 109 Å². The fraction of sp³-hybridized carbons (Fsp3) is 0.610. The Morgan fingerprint density at radius 2 is 1.61 bits per heavy atom. The van der Waals surface area contributed by atoms with E-state index >= 15 is 0 Å². The Morgan fingerprint density at radius 3 is 2.23 bits per heavy atom. The average Bonchev–Trinajstić information content (AvgIpc) is 3.24. The predicted molar refractivity (Wildman–Crippen MR) is 216 cm³/mol. The van der Waals surface area contributed by atoms with Crippen molar-refractivity contribution in [3.63, 3.8) is 0 Å². The minimum Gasteiger partial charge on any atom is -0.493 e. The van der Waals surface area contributed by atoms with Crippen LogP contribution in [0.25, 0.3) is 0 Å². The predicted octanol–water partition coefficient (Wildman–Crippen LogP) is 5.02. The van der Waals surface area contributed by atoms with Crippen molar-refractivity contribution in [2.45, 2.75) is 64.5 Å². The Labute approximate surface area is 330 Å². The monoisotopic (exact) mass is 785 g/mol. The Bertz CT molecular complexity index is 1540. The van der Waals surface area contributed by atoms with Crippen LogP contribution in [0.5, 0.6) is 5.75 Å². The molecule has 2 amide bonds. The minimum atomic E-state index is -0.635. The molecule has 2 aromatic carbocycles.